The molecule has 7 nitrogen and oxygen atoms in total. The van der Waals surface area contributed by atoms with Crippen molar-refractivity contribution in [1.82, 2.24) is 10.6 Å². The van der Waals surface area contributed by atoms with Gasteiger partial charge in [0.15, 0.2) is 5.96 Å². The molecule has 1 aliphatic rings. The van der Waals surface area contributed by atoms with Gasteiger partial charge in [-0.1, -0.05) is 30.3 Å². The van der Waals surface area contributed by atoms with Crippen LogP contribution in [0.4, 0.5) is 10.1 Å². The first-order valence-electron chi connectivity index (χ1n) is 9.68. The van der Waals surface area contributed by atoms with Gasteiger partial charge in [0.2, 0.25) is 0 Å². The van der Waals surface area contributed by atoms with Crippen LogP contribution in [0.1, 0.15) is 17.5 Å². The molecular formula is C21H26FIN4O3. The van der Waals surface area contributed by atoms with Crippen molar-refractivity contribution in [3.63, 3.8) is 0 Å². The summed E-state index contributed by atoms with van der Waals surface area (Å²) in [5, 5.41) is 17.3. The molecule has 0 radical (unpaired) electrons. The maximum atomic E-state index is 13.8. The molecule has 162 valence electrons. The van der Waals surface area contributed by atoms with Gasteiger partial charge in [-0.3, -0.25) is 10.1 Å². The Balaban J connectivity index is 0.00000320. The number of ether oxygens (including phenoxy) is 1. The van der Waals surface area contributed by atoms with E-state index < -0.39 is 4.92 Å². The van der Waals surface area contributed by atoms with Crippen LogP contribution in [0.15, 0.2) is 53.5 Å². The lowest BCUT2D eigenvalue weighted by atomic mass is 10.1. The second kappa shape index (κ2) is 12.4. The number of benzene rings is 2. The van der Waals surface area contributed by atoms with E-state index in [2.05, 4.69) is 15.6 Å². The largest absolute Gasteiger partial charge is 0.381 e. The lowest BCUT2D eigenvalue weighted by Gasteiger charge is -2.15. The molecule has 2 aromatic carbocycles. The van der Waals surface area contributed by atoms with Crippen LogP contribution in [-0.2, 0) is 17.7 Å². The first kappa shape index (κ1) is 24.0. The second-order valence-electron chi connectivity index (χ2n) is 6.97. The maximum Gasteiger partial charge on any atom is 0.269 e. The molecule has 9 heteroatoms. The molecule has 0 saturated carbocycles. The van der Waals surface area contributed by atoms with Gasteiger partial charge in [-0.25, -0.2) is 9.38 Å². The third-order valence-corrected chi connectivity index (χ3v) is 4.79. The third-order valence-electron chi connectivity index (χ3n) is 4.79. The van der Waals surface area contributed by atoms with Crippen molar-refractivity contribution in [2.24, 2.45) is 10.9 Å². The van der Waals surface area contributed by atoms with Gasteiger partial charge in [-0.2, -0.15) is 0 Å². The summed E-state index contributed by atoms with van der Waals surface area (Å²) in [5.74, 6) is 0.856. The van der Waals surface area contributed by atoms with E-state index in [9.17, 15) is 14.5 Å². The van der Waals surface area contributed by atoms with E-state index >= 15 is 0 Å². The van der Waals surface area contributed by atoms with Crippen LogP contribution in [0.2, 0.25) is 0 Å². The summed E-state index contributed by atoms with van der Waals surface area (Å²) < 4.78 is 19.2. The average Bonchev–Trinajstić information content (AvgIpc) is 3.25. The van der Waals surface area contributed by atoms with E-state index in [4.69, 9.17) is 4.74 Å². The van der Waals surface area contributed by atoms with Crippen molar-refractivity contribution >= 4 is 35.6 Å². The van der Waals surface area contributed by atoms with Crippen molar-refractivity contribution < 1.29 is 14.1 Å². The number of non-ortho nitro benzene ring substituents is 1. The van der Waals surface area contributed by atoms with Crippen molar-refractivity contribution in [3.8, 4) is 0 Å². The molecule has 0 spiro atoms. The van der Waals surface area contributed by atoms with E-state index in [1.807, 2.05) is 6.07 Å². The molecule has 1 saturated heterocycles. The van der Waals surface area contributed by atoms with E-state index in [-0.39, 0.29) is 35.5 Å². The maximum absolute atomic E-state index is 13.8. The predicted octanol–water partition coefficient (Wildman–Crippen LogP) is 3.67. The molecule has 1 fully saturated rings. The number of nitro groups is 1. The minimum Gasteiger partial charge on any atom is -0.381 e. The Bertz CT molecular complexity index is 842. The number of nitro benzene ring substituents is 1. The Morgan fingerprint density at radius 1 is 1.20 bits per heavy atom. The van der Waals surface area contributed by atoms with Crippen LogP contribution in [0.5, 0.6) is 0 Å². The number of rotatable bonds is 8. The van der Waals surface area contributed by atoms with Gasteiger partial charge in [0.25, 0.3) is 5.69 Å². The minimum atomic E-state index is -0.423. The quantitative estimate of drug-likeness (QED) is 0.180. The summed E-state index contributed by atoms with van der Waals surface area (Å²) in [6.45, 7) is 3.17. The molecule has 30 heavy (non-hydrogen) atoms. The molecule has 0 bridgehead atoms. The molecular weight excluding hydrogens is 502 g/mol. The zero-order valence-electron chi connectivity index (χ0n) is 16.6. The Morgan fingerprint density at radius 2 is 1.97 bits per heavy atom. The molecule has 2 N–H and O–H groups in total. The fourth-order valence-electron chi connectivity index (χ4n) is 3.07. The molecule has 0 amide bonds. The van der Waals surface area contributed by atoms with Crippen LogP contribution in [0, 0.1) is 21.8 Å². The fraction of sp³-hybridized carbons (Fsp3) is 0.381. The summed E-state index contributed by atoms with van der Waals surface area (Å²) >= 11 is 0. The van der Waals surface area contributed by atoms with Crippen LogP contribution < -0.4 is 10.6 Å². The first-order valence-corrected chi connectivity index (χ1v) is 9.68. The standard InChI is InChI=1S/C21H25FN4O3.HI/c22-20-4-2-1-3-18(20)9-11-23-21(25-14-17-10-12-29-15-17)24-13-16-5-7-19(8-6-16)26(27)28;/h1-8,17H,9-15H2,(H2,23,24,25);1H. The minimum absolute atomic E-state index is 0. The lowest BCUT2D eigenvalue weighted by Crippen LogP contribution is -2.41. The number of hydrogen-bond donors (Lipinski definition) is 2. The van der Waals surface area contributed by atoms with Crippen molar-refractivity contribution in [1.29, 1.82) is 0 Å². The van der Waals surface area contributed by atoms with Crippen molar-refractivity contribution in [3.05, 3.63) is 75.6 Å². The van der Waals surface area contributed by atoms with E-state index in [1.165, 1.54) is 18.2 Å². The Hall–Kier alpha value is -2.27. The van der Waals surface area contributed by atoms with E-state index in [1.54, 1.807) is 24.3 Å². The fourth-order valence-corrected chi connectivity index (χ4v) is 3.07. The van der Waals surface area contributed by atoms with Crippen LogP contribution >= 0.6 is 24.0 Å². The molecule has 3 rings (SSSR count). The summed E-state index contributed by atoms with van der Waals surface area (Å²) in [5.41, 5.74) is 1.58. The average molecular weight is 528 g/mol. The van der Waals surface area contributed by atoms with Gasteiger partial charge in [0.1, 0.15) is 5.82 Å². The van der Waals surface area contributed by atoms with Gasteiger partial charge in [-0.05, 0) is 30.0 Å². The number of aliphatic imine (C=N–C) groups is 1. The molecule has 0 aromatic heterocycles. The molecule has 1 heterocycles. The highest BCUT2D eigenvalue weighted by Crippen LogP contribution is 2.13. The second-order valence-corrected chi connectivity index (χ2v) is 6.97. The summed E-state index contributed by atoms with van der Waals surface area (Å²) in [6.07, 6.45) is 1.55. The van der Waals surface area contributed by atoms with Gasteiger partial charge in [0.05, 0.1) is 18.1 Å². The van der Waals surface area contributed by atoms with Gasteiger partial charge in [-0.15, -0.1) is 24.0 Å². The van der Waals surface area contributed by atoms with E-state index in [0.29, 0.717) is 37.0 Å². The molecule has 1 unspecified atom stereocenters. The highest BCUT2D eigenvalue weighted by Gasteiger charge is 2.15. The summed E-state index contributed by atoms with van der Waals surface area (Å²) in [4.78, 5) is 14.9. The summed E-state index contributed by atoms with van der Waals surface area (Å²) in [6, 6.07) is 13.1. The van der Waals surface area contributed by atoms with Gasteiger partial charge < -0.3 is 15.4 Å². The Morgan fingerprint density at radius 3 is 2.63 bits per heavy atom. The number of hydrogen-bond acceptors (Lipinski definition) is 4. The van der Waals surface area contributed by atoms with Crippen molar-refractivity contribution in [2.45, 2.75) is 19.4 Å². The highest BCUT2D eigenvalue weighted by molar-refractivity contribution is 14.0. The predicted molar refractivity (Wildman–Crippen MR) is 125 cm³/mol. The van der Waals surface area contributed by atoms with Gasteiger partial charge in [0, 0.05) is 37.7 Å². The molecule has 2 aromatic rings. The number of halogens is 2. The number of guanidine groups is 1. The third kappa shape index (κ3) is 7.52. The van der Waals surface area contributed by atoms with Gasteiger partial charge >= 0.3 is 0 Å². The lowest BCUT2D eigenvalue weighted by molar-refractivity contribution is -0.384. The van der Waals surface area contributed by atoms with Crippen molar-refractivity contribution in [2.75, 3.05) is 26.3 Å². The molecule has 1 atom stereocenters. The molecule has 1 aliphatic heterocycles. The zero-order valence-corrected chi connectivity index (χ0v) is 18.9. The number of nitrogens with zero attached hydrogens (tertiary/aromatic N) is 2. The van der Waals surface area contributed by atoms with E-state index in [0.717, 1.165) is 31.7 Å². The van der Waals surface area contributed by atoms with Crippen LogP contribution in [0.25, 0.3) is 0 Å². The Labute approximate surface area is 192 Å². The molecule has 0 aliphatic carbocycles. The van der Waals surface area contributed by atoms with Crippen LogP contribution in [-0.4, -0.2) is 37.2 Å². The zero-order chi connectivity index (χ0) is 20.5. The summed E-state index contributed by atoms with van der Waals surface area (Å²) in [7, 11) is 0. The van der Waals surface area contributed by atoms with Crippen LogP contribution in [0.3, 0.4) is 0 Å². The first-order chi connectivity index (χ1) is 14.1. The highest BCUT2D eigenvalue weighted by atomic mass is 127. The Kier molecular flexibility index (Phi) is 9.95. The normalized spacial score (nSPS) is 16.0. The topological polar surface area (TPSA) is 88.8 Å². The number of nitrogens with one attached hydrogen (secondary N) is 2. The smallest absolute Gasteiger partial charge is 0.269 e. The SMILES string of the molecule is I.O=[N+]([O-])c1ccc(CN=C(NCCc2ccccc2F)NCC2CCOC2)cc1. The monoisotopic (exact) mass is 528 g/mol.